The van der Waals surface area contributed by atoms with Crippen molar-refractivity contribution in [1.82, 2.24) is 4.90 Å². The van der Waals surface area contributed by atoms with Gasteiger partial charge < -0.3 is 59.6 Å². The van der Waals surface area contributed by atoms with E-state index in [4.69, 9.17) is 18.9 Å². The summed E-state index contributed by atoms with van der Waals surface area (Å²) >= 11 is 0. The van der Waals surface area contributed by atoms with Gasteiger partial charge in [0.25, 0.3) is 0 Å². The highest BCUT2D eigenvalue weighted by Crippen LogP contribution is 2.67. The van der Waals surface area contributed by atoms with Crippen molar-refractivity contribution in [2.45, 2.75) is 172 Å². The number of hydrogen-bond acceptors (Lipinski definition) is 12. The molecular weight excluding hydrogens is 670 g/mol. The largest absolute Gasteiger partial charge is 0.394 e. The van der Waals surface area contributed by atoms with Gasteiger partial charge in [0.15, 0.2) is 12.6 Å². The molecule has 0 spiro atoms. The first kappa shape index (κ1) is 39.5. The molecular formula is C40H67NO11. The van der Waals surface area contributed by atoms with E-state index in [9.17, 15) is 35.7 Å². The average molecular weight is 738 g/mol. The van der Waals surface area contributed by atoms with Crippen LogP contribution in [0.1, 0.15) is 92.4 Å². The Morgan fingerprint density at radius 2 is 1.62 bits per heavy atom. The second kappa shape index (κ2) is 15.0. The molecule has 0 aromatic carbocycles. The number of aliphatic hydroxyl groups excluding tert-OH is 7. The van der Waals surface area contributed by atoms with Gasteiger partial charge in [0.2, 0.25) is 0 Å². The molecule has 298 valence electrons. The van der Waals surface area contributed by atoms with Crippen LogP contribution in [0.25, 0.3) is 0 Å². The maximum atomic E-state index is 11.8. The predicted molar refractivity (Wildman–Crippen MR) is 190 cm³/mol. The molecule has 7 aliphatic rings. The Hall–Kier alpha value is -0.740. The number of rotatable bonds is 7. The van der Waals surface area contributed by atoms with E-state index in [-0.39, 0.29) is 23.0 Å². The van der Waals surface area contributed by atoms with Crippen molar-refractivity contribution in [2.75, 3.05) is 20.2 Å². The Balaban J connectivity index is 1.05. The number of likely N-dealkylation sites (tertiary alicyclic amines) is 1. The zero-order chi connectivity index (χ0) is 37.4. The molecule has 4 aliphatic carbocycles. The summed E-state index contributed by atoms with van der Waals surface area (Å²) in [6.45, 7) is 11.8. The monoisotopic (exact) mass is 737 g/mol. The van der Waals surface area contributed by atoms with Crippen molar-refractivity contribution in [3.63, 3.8) is 0 Å². The molecule has 7 N–H and O–H groups in total. The molecule has 3 saturated heterocycles. The lowest BCUT2D eigenvalue weighted by atomic mass is 9.46. The van der Waals surface area contributed by atoms with Crippen molar-refractivity contribution in [2.24, 2.45) is 46.3 Å². The number of fused-ring (bicyclic) bond motifs is 5. The van der Waals surface area contributed by atoms with E-state index in [0.717, 1.165) is 51.0 Å². The Bertz CT molecular complexity index is 1290. The van der Waals surface area contributed by atoms with Crippen LogP contribution in [0.3, 0.4) is 0 Å². The van der Waals surface area contributed by atoms with Crippen molar-refractivity contribution in [3.05, 3.63) is 11.6 Å². The molecule has 3 aliphatic heterocycles. The van der Waals surface area contributed by atoms with Gasteiger partial charge in [-0.1, -0.05) is 39.3 Å². The van der Waals surface area contributed by atoms with Crippen LogP contribution in [-0.4, -0.2) is 141 Å². The predicted octanol–water partition coefficient (Wildman–Crippen LogP) is 1.94. The van der Waals surface area contributed by atoms with Crippen LogP contribution in [0.15, 0.2) is 11.6 Å². The van der Waals surface area contributed by atoms with E-state index in [1.54, 1.807) is 0 Å². The van der Waals surface area contributed by atoms with Crippen molar-refractivity contribution < 1.29 is 54.7 Å². The molecule has 0 aromatic rings. The van der Waals surface area contributed by atoms with Crippen molar-refractivity contribution in [3.8, 4) is 0 Å². The van der Waals surface area contributed by atoms with Crippen LogP contribution in [-0.2, 0) is 18.9 Å². The van der Waals surface area contributed by atoms with Crippen LogP contribution >= 0.6 is 0 Å². The van der Waals surface area contributed by atoms with Gasteiger partial charge in [0, 0.05) is 12.6 Å². The third-order valence-electron chi connectivity index (χ3n) is 15.7. The minimum Gasteiger partial charge on any atom is -0.394 e. The molecule has 0 bridgehead atoms. The first-order chi connectivity index (χ1) is 24.6. The average Bonchev–Trinajstić information content (AvgIpc) is 3.38. The highest BCUT2D eigenvalue weighted by atomic mass is 16.8. The minimum atomic E-state index is -1.61. The molecule has 12 nitrogen and oxygen atoms in total. The normalized spacial score (nSPS) is 54.8. The van der Waals surface area contributed by atoms with Gasteiger partial charge in [-0.05, 0) is 118 Å². The lowest BCUT2D eigenvalue weighted by Crippen LogP contribution is -2.64. The molecule has 12 heteroatoms. The highest BCUT2D eigenvalue weighted by molar-refractivity contribution is 5.26. The van der Waals surface area contributed by atoms with Crippen LogP contribution < -0.4 is 0 Å². The zero-order valence-electron chi connectivity index (χ0n) is 32.0. The second-order valence-electron chi connectivity index (χ2n) is 18.7. The third kappa shape index (κ3) is 6.66. The molecule has 6 fully saturated rings. The smallest absolute Gasteiger partial charge is 0.187 e. The van der Waals surface area contributed by atoms with E-state index in [0.29, 0.717) is 42.1 Å². The first-order valence-electron chi connectivity index (χ1n) is 20.3. The van der Waals surface area contributed by atoms with Crippen molar-refractivity contribution >= 4 is 0 Å². The summed E-state index contributed by atoms with van der Waals surface area (Å²) in [5.41, 5.74) is 1.51. The molecule has 52 heavy (non-hydrogen) atoms. The number of nitrogens with zero attached hydrogens (tertiary/aromatic N) is 1. The van der Waals surface area contributed by atoms with Crippen LogP contribution in [0.4, 0.5) is 0 Å². The maximum Gasteiger partial charge on any atom is 0.187 e. The maximum absolute atomic E-state index is 11.8. The van der Waals surface area contributed by atoms with Crippen LogP contribution in [0, 0.1) is 46.3 Å². The van der Waals surface area contributed by atoms with E-state index in [1.807, 2.05) is 0 Å². The number of piperidine rings is 1. The Morgan fingerprint density at radius 3 is 2.33 bits per heavy atom. The van der Waals surface area contributed by atoms with E-state index < -0.39 is 68.0 Å². The summed E-state index contributed by atoms with van der Waals surface area (Å²) in [5.74, 6) is 3.03. The van der Waals surface area contributed by atoms with Gasteiger partial charge in [-0.25, -0.2) is 0 Å². The van der Waals surface area contributed by atoms with E-state index in [2.05, 4.69) is 45.7 Å². The van der Waals surface area contributed by atoms with Gasteiger partial charge in [-0.2, -0.15) is 0 Å². The lowest BCUT2D eigenvalue weighted by Gasteiger charge is -2.59. The lowest BCUT2D eigenvalue weighted by molar-refractivity contribution is -0.369. The van der Waals surface area contributed by atoms with Crippen molar-refractivity contribution in [1.29, 1.82) is 0 Å². The van der Waals surface area contributed by atoms with Crippen LogP contribution in [0.2, 0.25) is 0 Å². The first-order valence-corrected chi connectivity index (χ1v) is 20.3. The molecule has 21 atom stereocenters. The van der Waals surface area contributed by atoms with Gasteiger partial charge in [0.1, 0.15) is 42.7 Å². The van der Waals surface area contributed by atoms with Gasteiger partial charge >= 0.3 is 0 Å². The number of ether oxygens (including phenoxy) is 4. The molecule has 3 saturated carbocycles. The topological polar surface area (TPSA) is 182 Å². The Labute approximate surface area is 309 Å². The Morgan fingerprint density at radius 1 is 0.865 bits per heavy atom. The fourth-order valence-electron chi connectivity index (χ4n) is 12.8. The molecule has 3 heterocycles. The third-order valence-corrected chi connectivity index (χ3v) is 15.7. The quantitative estimate of drug-likeness (QED) is 0.189. The second-order valence-corrected chi connectivity index (χ2v) is 18.7. The summed E-state index contributed by atoms with van der Waals surface area (Å²) in [6, 6.07) is 0.522. The fraction of sp³-hybridized carbons (Fsp3) is 0.950. The van der Waals surface area contributed by atoms with Gasteiger partial charge in [0.05, 0.1) is 24.9 Å². The standard InChI is InChI=1S/C40H67NO11/c1-19-7-10-27(41(6)17-19)20(2)30-28(43)16-26-24-9-8-22-15-23(11-13-39(22,4)25(24)12-14-40(26,30)5)50-38-36(34(47)32(45)29(18-42)51-38)52-37-35(48)33(46)31(44)21(3)49-37/h8,19-21,23-38,42-48H,7,9-18H2,1-6H3/t19?,20-,21-,23+,24-,25+,26+,27?,28+,29-,30?,31-,32-,33-,34+,35-,36-,37+,38-,39+,40+/m1/s1. The summed E-state index contributed by atoms with van der Waals surface area (Å²) in [5, 5.41) is 74.7. The fourth-order valence-corrected chi connectivity index (χ4v) is 12.8. The SMILES string of the molecule is CC1CCC([C@@H](C)C2[C@@H](O)C[C@H]3[C@@H]4CC=C5C[C@@H](O[C@@H]6O[C@H](CO)[C@@H](O)[C@H](O)[C@H]6O[C@@H]6O[C@H](C)[C@@H](O)[C@@H](O)[C@H]6O)CC[C@]5(C)[C@H]4CC[C@]23C)N(C)C1. The molecule has 3 unspecified atom stereocenters. The zero-order valence-corrected chi connectivity index (χ0v) is 32.0. The van der Waals surface area contributed by atoms with Gasteiger partial charge in [-0.3, -0.25) is 0 Å². The number of allylic oxidation sites excluding steroid dienone is 1. The minimum absolute atomic E-state index is 0.0122. The van der Waals surface area contributed by atoms with E-state index >= 15 is 0 Å². The summed E-state index contributed by atoms with van der Waals surface area (Å²) in [6.07, 6.45) is -2.53. The molecule has 0 amide bonds. The summed E-state index contributed by atoms with van der Waals surface area (Å²) in [7, 11) is 2.28. The highest BCUT2D eigenvalue weighted by Gasteiger charge is 2.63. The number of aliphatic hydroxyl groups is 7. The summed E-state index contributed by atoms with van der Waals surface area (Å²) in [4.78, 5) is 2.56. The Kier molecular flexibility index (Phi) is 11.4. The molecule has 0 radical (unpaired) electrons. The van der Waals surface area contributed by atoms with E-state index in [1.165, 1.54) is 25.3 Å². The summed E-state index contributed by atoms with van der Waals surface area (Å²) < 4.78 is 24.1. The molecule has 0 aromatic heterocycles. The van der Waals surface area contributed by atoms with Crippen LogP contribution in [0.5, 0.6) is 0 Å². The molecule has 7 rings (SSSR count). The van der Waals surface area contributed by atoms with Gasteiger partial charge in [-0.15, -0.1) is 0 Å². The number of hydrogen-bond donors (Lipinski definition) is 7.